The monoisotopic (exact) mass is 232 g/mol. The molecule has 0 bridgehead atoms. The van der Waals surface area contributed by atoms with E-state index in [0.717, 1.165) is 25.7 Å². The topological polar surface area (TPSA) is 58.2 Å². The molecule has 0 saturated carbocycles. The molecule has 2 atom stereocenters. The first-order valence-electron chi connectivity index (χ1n) is 5.55. The van der Waals surface area contributed by atoms with Crippen LogP contribution in [0.25, 0.3) is 0 Å². The highest BCUT2D eigenvalue weighted by molar-refractivity contribution is 7.87. The summed E-state index contributed by atoms with van der Waals surface area (Å²) in [4.78, 5) is 0. The Balaban J connectivity index is 2.72. The SMILES string of the molecule is CCC[C@H]1C=C[C@H](CCC)NS(=O)(=O)N1. The molecule has 88 valence electrons. The number of nitrogens with one attached hydrogen (secondary N) is 2. The molecule has 4 nitrogen and oxygen atoms in total. The van der Waals surface area contributed by atoms with Crippen LogP contribution in [0.5, 0.6) is 0 Å². The Kier molecular flexibility index (Phi) is 4.76. The van der Waals surface area contributed by atoms with Crippen molar-refractivity contribution in [3.63, 3.8) is 0 Å². The molecule has 1 aliphatic rings. The quantitative estimate of drug-likeness (QED) is 0.718. The van der Waals surface area contributed by atoms with Gasteiger partial charge in [-0.15, -0.1) is 0 Å². The van der Waals surface area contributed by atoms with E-state index < -0.39 is 10.2 Å². The van der Waals surface area contributed by atoms with Crippen LogP contribution in [0.2, 0.25) is 0 Å². The molecule has 0 fully saturated rings. The van der Waals surface area contributed by atoms with Crippen molar-refractivity contribution in [2.75, 3.05) is 0 Å². The second-order valence-corrected chi connectivity index (χ2v) is 5.39. The van der Waals surface area contributed by atoms with Crippen LogP contribution in [0.15, 0.2) is 12.2 Å². The summed E-state index contributed by atoms with van der Waals surface area (Å²) in [5.41, 5.74) is 0. The fraction of sp³-hybridized carbons (Fsp3) is 0.800. The maximum absolute atomic E-state index is 11.6. The molecule has 0 spiro atoms. The van der Waals surface area contributed by atoms with E-state index in [1.807, 2.05) is 26.0 Å². The second kappa shape index (κ2) is 5.63. The highest BCUT2D eigenvalue weighted by Gasteiger charge is 2.21. The van der Waals surface area contributed by atoms with Gasteiger partial charge in [0.1, 0.15) is 0 Å². The van der Waals surface area contributed by atoms with Crippen LogP contribution in [-0.2, 0) is 10.2 Å². The van der Waals surface area contributed by atoms with Gasteiger partial charge in [0, 0.05) is 12.1 Å². The summed E-state index contributed by atoms with van der Waals surface area (Å²) >= 11 is 0. The van der Waals surface area contributed by atoms with E-state index in [-0.39, 0.29) is 12.1 Å². The molecule has 0 saturated heterocycles. The van der Waals surface area contributed by atoms with E-state index in [9.17, 15) is 8.42 Å². The highest BCUT2D eigenvalue weighted by Crippen LogP contribution is 2.08. The summed E-state index contributed by atoms with van der Waals surface area (Å²) in [6.45, 7) is 4.09. The first-order chi connectivity index (χ1) is 7.07. The van der Waals surface area contributed by atoms with Gasteiger partial charge in [-0.3, -0.25) is 0 Å². The standard InChI is InChI=1S/C10H20N2O2S/c1-3-5-9-7-8-10(6-4-2)12-15(13,14)11-9/h7-12H,3-6H2,1-2H3/t9-,10-/m0/s1. The number of hydrogen-bond acceptors (Lipinski definition) is 2. The summed E-state index contributed by atoms with van der Waals surface area (Å²) in [6, 6.07) is -0.122. The highest BCUT2D eigenvalue weighted by atomic mass is 32.2. The van der Waals surface area contributed by atoms with Crippen LogP contribution in [0.1, 0.15) is 39.5 Å². The zero-order valence-electron chi connectivity index (χ0n) is 9.36. The first kappa shape index (κ1) is 12.7. The Bertz CT molecular complexity index is 287. The molecule has 1 aliphatic heterocycles. The van der Waals surface area contributed by atoms with Crippen LogP contribution in [0.4, 0.5) is 0 Å². The van der Waals surface area contributed by atoms with Crippen molar-refractivity contribution in [2.45, 2.75) is 51.6 Å². The van der Waals surface area contributed by atoms with Crippen LogP contribution in [0, 0.1) is 0 Å². The minimum atomic E-state index is -3.32. The zero-order valence-corrected chi connectivity index (χ0v) is 10.2. The summed E-state index contributed by atoms with van der Waals surface area (Å²) in [5.74, 6) is 0. The molecule has 0 aromatic rings. The molecule has 1 rings (SSSR count). The van der Waals surface area contributed by atoms with Crippen molar-refractivity contribution < 1.29 is 8.42 Å². The van der Waals surface area contributed by atoms with Crippen LogP contribution in [-0.4, -0.2) is 20.5 Å². The summed E-state index contributed by atoms with van der Waals surface area (Å²) in [6.07, 6.45) is 7.54. The van der Waals surface area contributed by atoms with E-state index in [1.165, 1.54) is 0 Å². The van der Waals surface area contributed by atoms with Crippen molar-refractivity contribution in [1.82, 2.24) is 9.44 Å². The number of rotatable bonds is 4. The van der Waals surface area contributed by atoms with E-state index in [4.69, 9.17) is 0 Å². The van der Waals surface area contributed by atoms with Crippen molar-refractivity contribution in [1.29, 1.82) is 0 Å². The third kappa shape index (κ3) is 4.32. The maximum atomic E-state index is 11.6. The summed E-state index contributed by atoms with van der Waals surface area (Å²) in [7, 11) is -3.32. The molecule has 0 aliphatic carbocycles. The molecule has 1 heterocycles. The van der Waals surface area contributed by atoms with Gasteiger partial charge in [0.15, 0.2) is 0 Å². The van der Waals surface area contributed by atoms with Crippen molar-refractivity contribution in [3.05, 3.63) is 12.2 Å². The molecule has 0 radical (unpaired) electrons. The molecule has 0 aromatic carbocycles. The molecule has 0 unspecified atom stereocenters. The predicted molar refractivity (Wildman–Crippen MR) is 61.7 cm³/mol. The van der Waals surface area contributed by atoms with Gasteiger partial charge in [0.05, 0.1) is 0 Å². The molecule has 0 amide bonds. The minimum absolute atomic E-state index is 0.0608. The molecular weight excluding hydrogens is 212 g/mol. The fourth-order valence-corrected chi connectivity index (χ4v) is 2.97. The van der Waals surface area contributed by atoms with Gasteiger partial charge in [0.25, 0.3) is 10.2 Å². The van der Waals surface area contributed by atoms with E-state index in [2.05, 4.69) is 9.44 Å². The summed E-state index contributed by atoms with van der Waals surface area (Å²) < 4.78 is 28.4. The lowest BCUT2D eigenvalue weighted by Crippen LogP contribution is -2.43. The van der Waals surface area contributed by atoms with Gasteiger partial charge in [-0.1, -0.05) is 38.8 Å². The van der Waals surface area contributed by atoms with Crippen LogP contribution >= 0.6 is 0 Å². The van der Waals surface area contributed by atoms with Gasteiger partial charge in [0.2, 0.25) is 0 Å². The largest absolute Gasteiger partial charge is 0.277 e. The van der Waals surface area contributed by atoms with Crippen LogP contribution in [0.3, 0.4) is 0 Å². The van der Waals surface area contributed by atoms with Gasteiger partial charge in [-0.05, 0) is 12.8 Å². The fourth-order valence-electron chi connectivity index (χ4n) is 1.71. The predicted octanol–water partition coefficient (Wildman–Crippen LogP) is 1.32. The van der Waals surface area contributed by atoms with E-state index in [1.54, 1.807) is 0 Å². The third-order valence-electron chi connectivity index (χ3n) is 2.39. The molecule has 0 aromatic heterocycles. The Labute approximate surface area is 92.3 Å². The van der Waals surface area contributed by atoms with Crippen LogP contribution < -0.4 is 9.44 Å². The maximum Gasteiger partial charge on any atom is 0.277 e. The van der Waals surface area contributed by atoms with E-state index >= 15 is 0 Å². The van der Waals surface area contributed by atoms with Gasteiger partial charge in [-0.2, -0.15) is 17.9 Å². The lowest BCUT2D eigenvalue weighted by molar-refractivity contribution is 0.540. The summed E-state index contributed by atoms with van der Waals surface area (Å²) in [5, 5.41) is 0. The lowest BCUT2D eigenvalue weighted by atomic mass is 10.1. The Hall–Kier alpha value is -0.390. The number of hydrogen-bond donors (Lipinski definition) is 2. The Morgan fingerprint density at radius 3 is 1.73 bits per heavy atom. The van der Waals surface area contributed by atoms with Gasteiger partial charge < -0.3 is 0 Å². The second-order valence-electron chi connectivity index (χ2n) is 3.91. The average Bonchev–Trinajstić information content (AvgIpc) is 2.26. The van der Waals surface area contributed by atoms with Gasteiger partial charge >= 0.3 is 0 Å². The smallest absolute Gasteiger partial charge is 0.195 e. The minimum Gasteiger partial charge on any atom is -0.195 e. The molecular formula is C10H20N2O2S. The molecule has 5 heteroatoms. The lowest BCUT2D eigenvalue weighted by Gasteiger charge is -2.13. The van der Waals surface area contributed by atoms with Crippen molar-refractivity contribution >= 4 is 10.2 Å². The molecule has 15 heavy (non-hydrogen) atoms. The third-order valence-corrected chi connectivity index (χ3v) is 3.61. The average molecular weight is 232 g/mol. The van der Waals surface area contributed by atoms with Crippen molar-refractivity contribution in [3.8, 4) is 0 Å². The Morgan fingerprint density at radius 1 is 1.00 bits per heavy atom. The van der Waals surface area contributed by atoms with E-state index in [0.29, 0.717) is 0 Å². The normalized spacial score (nSPS) is 30.0. The first-order valence-corrected chi connectivity index (χ1v) is 7.03. The Morgan fingerprint density at radius 2 is 1.40 bits per heavy atom. The zero-order chi connectivity index (χ0) is 11.3. The molecule has 2 N–H and O–H groups in total. The van der Waals surface area contributed by atoms with Gasteiger partial charge in [-0.25, -0.2) is 0 Å². The van der Waals surface area contributed by atoms with Crippen molar-refractivity contribution in [2.24, 2.45) is 0 Å².